The van der Waals surface area contributed by atoms with E-state index in [2.05, 4.69) is 4.98 Å². The minimum Gasteiger partial charge on any atom is -0.504 e. The van der Waals surface area contributed by atoms with Crippen LogP contribution in [0.25, 0.3) is 28.2 Å². The average molecular weight is 371 g/mol. The number of rotatable bonds is 2. The highest BCUT2D eigenvalue weighted by Crippen LogP contribution is 2.40. The Morgan fingerprint density at radius 2 is 1.75 bits per heavy atom. The third kappa shape index (κ3) is 2.48. The van der Waals surface area contributed by atoms with Gasteiger partial charge in [-0.25, -0.2) is 4.39 Å². The smallest absolute Gasteiger partial charge is 0.232 e. The molecule has 0 spiro atoms. The van der Waals surface area contributed by atoms with Crippen LogP contribution in [0.3, 0.4) is 0 Å². The molecule has 136 valence electrons. The van der Waals surface area contributed by atoms with Gasteiger partial charge in [-0.1, -0.05) is 24.3 Å². The number of benzene rings is 3. The summed E-state index contributed by atoms with van der Waals surface area (Å²) in [6.45, 7) is 0. The Balaban J connectivity index is 1.70. The van der Waals surface area contributed by atoms with Crippen molar-refractivity contribution in [3.8, 4) is 22.8 Å². The number of halogens is 1. The number of para-hydroxylation sites is 2. The second-order valence-electron chi connectivity index (χ2n) is 6.56. The minimum absolute atomic E-state index is 0.0769. The highest BCUT2D eigenvalue weighted by atomic mass is 19.1. The number of nitrogens with one attached hydrogen (secondary N) is 1. The van der Waals surface area contributed by atoms with Crippen molar-refractivity contribution in [2.45, 2.75) is 0 Å². The van der Waals surface area contributed by atoms with E-state index < -0.39 is 0 Å². The number of fused-ring (bicyclic) bond motifs is 2. The Kier molecular flexibility index (Phi) is 3.55. The second kappa shape index (κ2) is 6.09. The summed E-state index contributed by atoms with van der Waals surface area (Å²) >= 11 is 0. The van der Waals surface area contributed by atoms with Crippen LogP contribution in [-0.4, -0.2) is 15.9 Å². The van der Waals surface area contributed by atoms with Crippen molar-refractivity contribution in [3.63, 3.8) is 0 Å². The molecule has 3 aromatic carbocycles. The zero-order chi connectivity index (χ0) is 19.3. The molecule has 0 fully saturated rings. The maximum atomic E-state index is 13.4. The summed E-state index contributed by atoms with van der Waals surface area (Å²) in [6.07, 6.45) is 1.67. The van der Waals surface area contributed by atoms with E-state index in [1.165, 1.54) is 18.2 Å². The Labute approximate surface area is 159 Å². The molecule has 2 N–H and O–H groups in total. The van der Waals surface area contributed by atoms with Crippen molar-refractivity contribution >= 4 is 22.8 Å². The van der Waals surface area contributed by atoms with Gasteiger partial charge in [0, 0.05) is 16.5 Å². The zero-order valence-corrected chi connectivity index (χ0v) is 14.6. The highest BCUT2D eigenvalue weighted by Gasteiger charge is 2.30. The summed E-state index contributed by atoms with van der Waals surface area (Å²) in [7, 11) is 0. The van der Waals surface area contributed by atoms with E-state index in [0.29, 0.717) is 5.56 Å². The molecular weight excluding hydrogens is 357 g/mol. The van der Waals surface area contributed by atoms with Gasteiger partial charge in [-0.2, -0.15) is 0 Å². The second-order valence-corrected chi connectivity index (χ2v) is 6.56. The van der Waals surface area contributed by atoms with E-state index in [4.69, 9.17) is 4.74 Å². The summed E-state index contributed by atoms with van der Waals surface area (Å²) < 4.78 is 19.0. The standard InChI is InChI=1S/C23H14FNO3/c24-14-10-8-13(9-11-14)21-17(15-4-1-2-6-18(15)25-21)12-20-22(27)16-5-3-7-19(26)23(16)28-20/h1-12,25-26H. The number of H-pyrrole nitrogens is 1. The monoisotopic (exact) mass is 371 g/mol. The lowest BCUT2D eigenvalue weighted by atomic mass is 10.0. The molecule has 0 bridgehead atoms. The van der Waals surface area contributed by atoms with E-state index in [1.807, 2.05) is 24.3 Å². The Morgan fingerprint density at radius 3 is 2.54 bits per heavy atom. The number of aromatic nitrogens is 1. The summed E-state index contributed by atoms with van der Waals surface area (Å²) in [5.74, 6) is -0.389. The largest absolute Gasteiger partial charge is 0.504 e. The van der Waals surface area contributed by atoms with Crippen molar-refractivity contribution in [3.05, 3.63) is 89.4 Å². The number of Topliss-reactive ketones (excluding diaryl/α,β-unsaturated/α-hetero) is 1. The molecule has 0 unspecified atom stereocenters. The topological polar surface area (TPSA) is 62.3 Å². The average Bonchev–Trinajstić information content (AvgIpc) is 3.23. The minimum atomic E-state index is -0.319. The van der Waals surface area contributed by atoms with Gasteiger partial charge in [-0.05, 0) is 54.1 Å². The number of ketones is 1. The summed E-state index contributed by atoms with van der Waals surface area (Å²) in [6, 6.07) is 18.5. The molecule has 5 rings (SSSR count). The summed E-state index contributed by atoms with van der Waals surface area (Å²) in [5, 5.41) is 10.9. The van der Waals surface area contributed by atoms with Gasteiger partial charge in [-0.15, -0.1) is 0 Å². The van der Waals surface area contributed by atoms with Gasteiger partial charge >= 0.3 is 0 Å². The predicted octanol–water partition coefficient (Wildman–Crippen LogP) is 5.30. The maximum absolute atomic E-state index is 13.4. The van der Waals surface area contributed by atoms with Crippen molar-refractivity contribution < 1.29 is 19.0 Å². The molecule has 2 heterocycles. The molecule has 5 heteroatoms. The van der Waals surface area contributed by atoms with Crippen LogP contribution in [0.4, 0.5) is 4.39 Å². The lowest BCUT2D eigenvalue weighted by Gasteiger charge is -2.03. The number of carbonyl (C=O) groups is 1. The number of allylic oxidation sites excluding steroid dienone is 1. The molecule has 4 nitrogen and oxygen atoms in total. The molecule has 0 amide bonds. The van der Waals surface area contributed by atoms with E-state index >= 15 is 0 Å². The summed E-state index contributed by atoms with van der Waals surface area (Å²) in [5.41, 5.74) is 3.52. The first-order valence-electron chi connectivity index (χ1n) is 8.75. The fraction of sp³-hybridized carbons (Fsp3) is 0. The third-order valence-electron chi connectivity index (χ3n) is 4.83. The van der Waals surface area contributed by atoms with Gasteiger partial charge < -0.3 is 14.8 Å². The normalized spacial score (nSPS) is 14.5. The van der Waals surface area contributed by atoms with Crippen molar-refractivity contribution in [2.75, 3.05) is 0 Å². The number of hydrogen-bond acceptors (Lipinski definition) is 3. The third-order valence-corrected chi connectivity index (χ3v) is 4.83. The maximum Gasteiger partial charge on any atom is 0.232 e. The fourth-order valence-electron chi connectivity index (χ4n) is 3.48. The molecule has 1 aliphatic rings. The number of carbonyl (C=O) groups excluding carboxylic acids is 1. The van der Waals surface area contributed by atoms with E-state index in [1.54, 1.807) is 30.3 Å². The molecule has 0 saturated carbocycles. The fourth-order valence-corrected chi connectivity index (χ4v) is 3.48. The van der Waals surface area contributed by atoms with Gasteiger partial charge in [-0.3, -0.25) is 4.79 Å². The van der Waals surface area contributed by atoms with Gasteiger partial charge in [0.1, 0.15) is 5.82 Å². The number of hydrogen-bond donors (Lipinski definition) is 2. The SMILES string of the molecule is O=C1C(=Cc2c(-c3ccc(F)cc3)[nH]c3ccccc23)Oc2c(O)cccc21. The van der Waals surface area contributed by atoms with E-state index in [9.17, 15) is 14.3 Å². The van der Waals surface area contributed by atoms with Crippen molar-refractivity contribution in [2.24, 2.45) is 0 Å². The van der Waals surface area contributed by atoms with Crippen LogP contribution in [0.2, 0.25) is 0 Å². The lowest BCUT2D eigenvalue weighted by molar-refractivity contribution is 0.101. The number of ether oxygens (including phenoxy) is 1. The van der Waals surface area contributed by atoms with E-state index in [-0.39, 0.29) is 28.9 Å². The molecule has 1 aliphatic heterocycles. The number of aromatic amines is 1. The van der Waals surface area contributed by atoms with Crippen LogP contribution in [-0.2, 0) is 0 Å². The van der Waals surface area contributed by atoms with Crippen LogP contribution >= 0.6 is 0 Å². The number of phenols is 1. The van der Waals surface area contributed by atoms with Gasteiger partial charge in [0.2, 0.25) is 5.78 Å². The van der Waals surface area contributed by atoms with Crippen molar-refractivity contribution in [1.29, 1.82) is 0 Å². The zero-order valence-electron chi connectivity index (χ0n) is 14.6. The highest BCUT2D eigenvalue weighted by molar-refractivity contribution is 6.16. The molecule has 1 aromatic heterocycles. The van der Waals surface area contributed by atoms with Crippen LogP contribution in [0.5, 0.6) is 11.5 Å². The first-order chi connectivity index (χ1) is 13.6. The van der Waals surface area contributed by atoms with Gasteiger partial charge in [0.05, 0.1) is 11.3 Å². The Morgan fingerprint density at radius 1 is 0.964 bits per heavy atom. The van der Waals surface area contributed by atoms with Gasteiger partial charge in [0.15, 0.2) is 17.3 Å². The summed E-state index contributed by atoms with van der Waals surface area (Å²) in [4.78, 5) is 16.1. The number of phenolic OH excluding ortho intramolecular Hbond substituents is 1. The molecule has 0 radical (unpaired) electrons. The quantitative estimate of drug-likeness (QED) is 0.470. The predicted molar refractivity (Wildman–Crippen MR) is 105 cm³/mol. The first kappa shape index (κ1) is 16.3. The van der Waals surface area contributed by atoms with Crippen LogP contribution in [0.1, 0.15) is 15.9 Å². The van der Waals surface area contributed by atoms with Gasteiger partial charge in [0.25, 0.3) is 0 Å². The lowest BCUT2D eigenvalue weighted by Crippen LogP contribution is -1.98. The van der Waals surface area contributed by atoms with E-state index in [0.717, 1.165) is 27.7 Å². The Bertz CT molecular complexity index is 1270. The number of aromatic hydroxyl groups is 1. The molecule has 0 aliphatic carbocycles. The van der Waals surface area contributed by atoms with Crippen molar-refractivity contribution in [1.82, 2.24) is 4.98 Å². The molecule has 28 heavy (non-hydrogen) atoms. The van der Waals surface area contributed by atoms with Crippen LogP contribution in [0.15, 0.2) is 72.5 Å². The van der Waals surface area contributed by atoms with Crippen LogP contribution in [0, 0.1) is 5.82 Å². The molecule has 0 atom stereocenters. The molecule has 0 saturated heterocycles. The molecular formula is C23H14FNO3. The molecule has 4 aromatic rings. The Hall–Kier alpha value is -3.86. The first-order valence-corrected chi connectivity index (χ1v) is 8.75. The van der Waals surface area contributed by atoms with Crippen LogP contribution < -0.4 is 4.74 Å².